The Labute approximate surface area is 161 Å². The van der Waals surface area contributed by atoms with Crippen LogP contribution in [0.15, 0.2) is 24.3 Å². The molecule has 2 fully saturated rings. The first kappa shape index (κ1) is 20.6. The summed E-state index contributed by atoms with van der Waals surface area (Å²) in [5.41, 5.74) is -0.245. The number of amides is 1. The normalized spacial score (nSPS) is 26.3. The average molecular weight is 398 g/mol. The number of halogens is 3. The van der Waals surface area contributed by atoms with E-state index in [0.717, 1.165) is 18.6 Å². The summed E-state index contributed by atoms with van der Waals surface area (Å²) in [6, 6.07) is 4.84. The number of rotatable bonds is 5. The van der Waals surface area contributed by atoms with Crippen molar-refractivity contribution in [2.45, 2.75) is 63.3 Å². The van der Waals surface area contributed by atoms with Gasteiger partial charge in [0.25, 0.3) is 0 Å². The van der Waals surface area contributed by atoms with E-state index < -0.39 is 17.7 Å². The molecule has 0 bridgehead atoms. The number of nitrogens with zero attached hydrogens (tertiary/aromatic N) is 1. The molecule has 0 radical (unpaired) electrons. The molecule has 1 aromatic rings. The lowest BCUT2D eigenvalue weighted by Crippen LogP contribution is -2.53. The maximum Gasteiger partial charge on any atom is 0.416 e. The molecule has 1 heterocycles. The summed E-state index contributed by atoms with van der Waals surface area (Å²) in [7, 11) is 0. The number of aliphatic carboxylic acids is 1. The highest BCUT2D eigenvalue weighted by molar-refractivity contribution is 5.82. The average Bonchev–Trinajstić information content (AvgIpc) is 2.65. The van der Waals surface area contributed by atoms with Crippen molar-refractivity contribution >= 4 is 11.9 Å². The largest absolute Gasteiger partial charge is 0.481 e. The fraction of sp³-hybridized carbons (Fsp3) is 0.600. The van der Waals surface area contributed by atoms with Crippen LogP contribution in [-0.2, 0) is 22.3 Å². The maximum atomic E-state index is 12.9. The molecule has 3 rings (SSSR count). The number of alkyl halides is 3. The van der Waals surface area contributed by atoms with Crippen LogP contribution < -0.4 is 5.32 Å². The van der Waals surface area contributed by atoms with Gasteiger partial charge in [-0.15, -0.1) is 0 Å². The molecule has 1 atom stereocenters. The summed E-state index contributed by atoms with van der Waals surface area (Å²) < 4.78 is 38.7. The van der Waals surface area contributed by atoms with E-state index in [1.165, 1.54) is 6.07 Å². The van der Waals surface area contributed by atoms with Gasteiger partial charge in [0.1, 0.15) is 0 Å². The number of nitrogens with one attached hydrogen (secondary N) is 1. The van der Waals surface area contributed by atoms with Crippen LogP contribution in [0.4, 0.5) is 13.2 Å². The van der Waals surface area contributed by atoms with Gasteiger partial charge in [-0.05, 0) is 56.2 Å². The molecular weight excluding hydrogens is 373 g/mol. The first-order valence-corrected chi connectivity index (χ1v) is 9.68. The van der Waals surface area contributed by atoms with E-state index >= 15 is 0 Å². The molecule has 1 saturated heterocycles. The van der Waals surface area contributed by atoms with Gasteiger partial charge in [-0.2, -0.15) is 13.2 Å². The zero-order valence-electron chi connectivity index (χ0n) is 15.5. The van der Waals surface area contributed by atoms with E-state index in [-0.39, 0.29) is 30.5 Å². The molecule has 1 unspecified atom stereocenters. The molecule has 2 N–H and O–H groups in total. The molecule has 0 aromatic heterocycles. The molecule has 1 aliphatic carbocycles. The Morgan fingerprint density at radius 3 is 2.54 bits per heavy atom. The van der Waals surface area contributed by atoms with E-state index in [1.807, 2.05) is 0 Å². The molecule has 1 saturated carbocycles. The predicted octanol–water partition coefficient (Wildman–Crippen LogP) is 3.43. The summed E-state index contributed by atoms with van der Waals surface area (Å²) in [5, 5.41) is 12.4. The molecule has 1 aromatic carbocycles. The van der Waals surface area contributed by atoms with E-state index in [2.05, 4.69) is 5.32 Å². The molecule has 28 heavy (non-hydrogen) atoms. The van der Waals surface area contributed by atoms with Crippen LogP contribution >= 0.6 is 0 Å². The van der Waals surface area contributed by atoms with Gasteiger partial charge in [-0.3, -0.25) is 9.59 Å². The molecule has 5 nitrogen and oxygen atoms in total. The minimum absolute atomic E-state index is 0.0935. The Morgan fingerprint density at radius 1 is 1.18 bits per heavy atom. The summed E-state index contributed by atoms with van der Waals surface area (Å²) >= 11 is 0. The van der Waals surface area contributed by atoms with Gasteiger partial charge in [0, 0.05) is 19.1 Å². The van der Waals surface area contributed by atoms with E-state index in [1.54, 1.807) is 11.0 Å². The van der Waals surface area contributed by atoms with E-state index in [4.69, 9.17) is 5.11 Å². The Balaban J connectivity index is 1.58. The van der Waals surface area contributed by atoms with Gasteiger partial charge in [-0.25, -0.2) is 0 Å². The van der Waals surface area contributed by atoms with Crippen molar-refractivity contribution in [1.29, 1.82) is 0 Å². The highest BCUT2D eigenvalue weighted by Crippen LogP contribution is 2.30. The van der Waals surface area contributed by atoms with Gasteiger partial charge < -0.3 is 15.3 Å². The summed E-state index contributed by atoms with van der Waals surface area (Å²) in [4.78, 5) is 25.5. The smallest absolute Gasteiger partial charge is 0.416 e. The Kier molecular flexibility index (Phi) is 6.27. The van der Waals surface area contributed by atoms with Crippen molar-refractivity contribution in [2.24, 2.45) is 5.92 Å². The summed E-state index contributed by atoms with van der Waals surface area (Å²) in [6.45, 7) is 0.686. The van der Waals surface area contributed by atoms with Crippen LogP contribution in [0.1, 0.15) is 49.7 Å². The van der Waals surface area contributed by atoms with Crippen molar-refractivity contribution < 1.29 is 27.9 Å². The van der Waals surface area contributed by atoms with Crippen LogP contribution in [0.3, 0.4) is 0 Å². The van der Waals surface area contributed by atoms with Crippen LogP contribution in [0.5, 0.6) is 0 Å². The Bertz CT molecular complexity index is 715. The zero-order valence-corrected chi connectivity index (χ0v) is 15.5. The highest BCUT2D eigenvalue weighted by atomic mass is 19.4. The van der Waals surface area contributed by atoms with Crippen LogP contribution in [0.2, 0.25) is 0 Å². The standard InChI is InChI=1S/C20H25F3N2O3/c21-20(22,23)15-4-1-3-13(11-15)12-25-10-2-5-17(18(25)26)24-16-8-6-14(7-9-16)19(27)28/h1,3-4,11,14,16-17,24H,2,5-10,12H2,(H,27,28). The van der Waals surface area contributed by atoms with Gasteiger partial charge in [0.2, 0.25) is 5.91 Å². The van der Waals surface area contributed by atoms with E-state index in [0.29, 0.717) is 44.2 Å². The topological polar surface area (TPSA) is 69.6 Å². The highest BCUT2D eigenvalue weighted by Gasteiger charge is 2.34. The number of hydrogen-bond acceptors (Lipinski definition) is 3. The van der Waals surface area contributed by atoms with Crippen LogP contribution in [0.25, 0.3) is 0 Å². The number of carboxylic acids is 1. The third kappa shape index (κ3) is 5.04. The molecule has 8 heteroatoms. The number of benzene rings is 1. The predicted molar refractivity (Wildman–Crippen MR) is 96.4 cm³/mol. The molecule has 0 spiro atoms. The first-order chi connectivity index (χ1) is 13.2. The Hall–Kier alpha value is -2.09. The monoisotopic (exact) mass is 398 g/mol. The van der Waals surface area contributed by atoms with Crippen molar-refractivity contribution in [3.05, 3.63) is 35.4 Å². The van der Waals surface area contributed by atoms with Crippen LogP contribution in [0, 0.1) is 5.92 Å². The van der Waals surface area contributed by atoms with Crippen molar-refractivity contribution in [2.75, 3.05) is 6.54 Å². The molecule has 1 amide bonds. The minimum Gasteiger partial charge on any atom is -0.481 e. The van der Waals surface area contributed by atoms with Gasteiger partial charge in [0.05, 0.1) is 17.5 Å². The van der Waals surface area contributed by atoms with Crippen molar-refractivity contribution in [3.8, 4) is 0 Å². The van der Waals surface area contributed by atoms with Crippen LogP contribution in [-0.4, -0.2) is 40.5 Å². The maximum absolute atomic E-state index is 12.9. The number of likely N-dealkylation sites (tertiary alicyclic amines) is 1. The number of piperidine rings is 1. The number of carboxylic acid groups (broad SMARTS) is 1. The van der Waals surface area contributed by atoms with E-state index in [9.17, 15) is 22.8 Å². The van der Waals surface area contributed by atoms with Crippen molar-refractivity contribution in [1.82, 2.24) is 10.2 Å². The van der Waals surface area contributed by atoms with Gasteiger partial charge in [-0.1, -0.05) is 12.1 Å². The third-order valence-corrected chi connectivity index (χ3v) is 5.67. The fourth-order valence-corrected chi connectivity index (χ4v) is 4.11. The second-order valence-electron chi connectivity index (χ2n) is 7.71. The quantitative estimate of drug-likeness (QED) is 0.797. The lowest BCUT2D eigenvalue weighted by atomic mass is 9.85. The second-order valence-corrected chi connectivity index (χ2v) is 7.71. The fourth-order valence-electron chi connectivity index (χ4n) is 4.11. The van der Waals surface area contributed by atoms with Gasteiger partial charge in [0.15, 0.2) is 0 Å². The number of carbonyl (C=O) groups excluding carboxylic acids is 1. The third-order valence-electron chi connectivity index (χ3n) is 5.67. The molecule has 1 aliphatic heterocycles. The Morgan fingerprint density at radius 2 is 1.89 bits per heavy atom. The minimum atomic E-state index is -4.40. The first-order valence-electron chi connectivity index (χ1n) is 9.68. The molecule has 154 valence electrons. The lowest BCUT2D eigenvalue weighted by Gasteiger charge is -2.36. The summed E-state index contributed by atoms with van der Waals surface area (Å²) in [6.07, 6.45) is -0.295. The lowest BCUT2D eigenvalue weighted by molar-refractivity contribution is -0.143. The number of hydrogen-bond donors (Lipinski definition) is 2. The molecule has 2 aliphatic rings. The zero-order chi connectivity index (χ0) is 20.3. The number of carbonyl (C=O) groups is 2. The molecular formula is C20H25F3N2O3. The summed E-state index contributed by atoms with van der Waals surface area (Å²) in [5.74, 6) is -1.17. The SMILES string of the molecule is O=C(O)C1CCC(NC2CCCN(Cc3cccc(C(F)(F)F)c3)C2=O)CC1. The van der Waals surface area contributed by atoms with Gasteiger partial charge >= 0.3 is 12.1 Å². The van der Waals surface area contributed by atoms with Crippen molar-refractivity contribution in [3.63, 3.8) is 0 Å². The second kappa shape index (κ2) is 8.51.